The molecule has 0 atom stereocenters. The second kappa shape index (κ2) is 5.08. The molecule has 1 nitrogen and oxygen atoms in total. The van der Waals surface area contributed by atoms with E-state index in [1.807, 2.05) is 18.3 Å². The predicted octanol–water partition coefficient (Wildman–Crippen LogP) is -1.53. The molecule has 0 aromatic carbocycles. The highest BCUT2D eigenvalue weighted by atomic mass is 79.9. The third kappa shape index (κ3) is 3.33. The minimum atomic E-state index is 0. The topological polar surface area (TPSA) is 3.88 Å². The zero-order chi connectivity index (χ0) is 7.40. The number of hydrogen-bond donors (Lipinski definition) is 0. The molecule has 0 radical (unpaired) electrons. The maximum absolute atomic E-state index is 3.66. The summed E-state index contributed by atoms with van der Waals surface area (Å²) in [6.07, 6.45) is 6.02. The first-order valence-corrected chi connectivity index (χ1v) is 3.39. The monoisotopic (exact) mass is 213 g/mol. The fraction of sp³-hybridized carbons (Fsp3) is 0.222. The van der Waals surface area contributed by atoms with Crippen molar-refractivity contribution in [3.05, 3.63) is 42.7 Å². The summed E-state index contributed by atoms with van der Waals surface area (Å²) in [5.74, 6) is 0. The van der Waals surface area contributed by atoms with Crippen LogP contribution < -0.4 is 21.5 Å². The van der Waals surface area contributed by atoms with Crippen molar-refractivity contribution in [2.45, 2.75) is 13.5 Å². The standard InChI is InChI=1S/C9H12N.BrH/c1-3-6-10-7-4-5-9(2)8-10;/h3-5,7-8H,1,6H2,2H3;1H/q+1;/p-1. The minimum absolute atomic E-state index is 0. The Kier molecular flexibility index (Phi) is 4.79. The van der Waals surface area contributed by atoms with Crippen LogP contribution in [0.15, 0.2) is 37.2 Å². The Bertz CT molecular complexity index is 233. The highest BCUT2D eigenvalue weighted by molar-refractivity contribution is 5.01. The average molecular weight is 214 g/mol. The number of hydrogen-bond acceptors (Lipinski definition) is 0. The Labute approximate surface area is 78.1 Å². The zero-order valence-corrected chi connectivity index (χ0v) is 8.21. The van der Waals surface area contributed by atoms with Gasteiger partial charge < -0.3 is 17.0 Å². The van der Waals surface area contributed by atoms with E-state index in [-0.39, 0.29) is 17.0 Å². The Balaban J connectivity index is 0.000001000. The smallest absolute Gasteiger partial charge is 0.172 e. The molecule has 1 aromatic rings. The first-order valence-electron chi connectivity index (χ1n) is 3.39. The molecule has 60 valence electrons. The summed E-state index contributed by atoms with van der Waals surface area (Å²) in [4.78, 5) is 0. The molecule has 2 heteroatoms. The van der Waals surface area contributed by atoms with Crippen LogP contribution >= 0.6 is 0 Å². The summed E-state index contributed by atoms with van der Waals surface area (Å²) in [6.45, 7) is 6.64. The van der Waals surface area contributed by atoms with E-state index in [2.05, 4.69) is 30.3 Å². The molecule has 0 amide bonds. The molecule has 0 spiro atoms. The normalized spacial score (nSPS) is 8.45. The van der Waals surface area contributed by atoms with Gasteiger partial charge in [0.05, 0.1) is 0 Å². The molecule has 0 unspecified atom stereocenters. The Morgan fingerprint density at radius 2 is 2.36 bits per heavy atom. The number of rotatable bonds is 2. The van der Waals surface area contributed by atoms with E-state index >= 15 is 0 Å². The van der Waals surface area contributed by atoms with Crippen molar-refractivity contribution in [1.29, 1.82) is 0 Å². The van der Waals surface area contributed by atoms with Gasteiger partial charge in [-0.2, -0.15) is 0 Å². The largest absolute Gasteiger partial charge is 1.00 e. The van der Waals surface area contributed by atoms with Gasteiger partial charge in [-0.25, -0.2) is 4.57 Å². The fourth-order valence-corrected chi connectivity index (χ4v) is 0.916. The van der Waals surface area contributed by atoms with Gasteiger partial charge in [-0.1, -0.05) is 6.58 Å². The van der Waals surface area contributed by atoms with Gasteiger partial charge in [-0.3, -0.25) is 0 Å². The number of nitrogens with zero attached hydrogens (tertiary/aromatic N) is 1. The maximum Gasteiger partial charge on any atom is 0.172 e. The van der Waals surface area contributed by atoms with E-state index < -0.39 is 0 Å². The molecule has 0 N–H and O–H groups in total. The third-order valence-electron chi connectivity index (χ3n) is 1.35. The molecule has 0 saturated heterocycles. The Morgan fingerprint density at radius 1 is 1.64 bits per heavy atom. The van der Waals surface area contributed by atoms with E-state index in [1.165, 1.54) is 5.56 Å². The lowest BCUT2D eigenvalue weighted by atomic mass is 10.3. The third-order valence-corrected chi connectivity index (χ3v) is 1.35. The van der Waals surface area contributed by atoms with Crippen LogP contribution in [0.3, 0.4) is 0 Å². The van der Waals surface area contributed by atoms with Crippen LogP contribution in [0.1, 0.15) is 5.56 Å². The van der Waals surface area contributed by atoms with E-state index in [9.17, 15) is 0 Å². The molecule has 11 heavy (non-hydrogen) atoms. The van der Waals surface area contributed by atoms with Gasteiger partial charge in [-0.05, 0) is 19.1 Å². The molecular formula is C9H12BrN. The highest BCUT2D eigenvalue weighted by Gasteiger charge is 1.93. The molecule has 1 rings (SSSR count). The SMILES string of the molecule is C=CC[n+]1cccc(C)c1.[Br-]. The quantitative estimate of drug-likeness (QED) is 0.415. The molecule has 0 aliphatic carbocycles. The van der Waals surface area contributed by atoms with E-state index in [0.29, 0.717) is 0 Å². The van der Waals surface area contributed by atoms with Gasteiger partial charge in [0.15, 0.2) is 18.9 Å². The van der Waals surface area contributed by atoms with Gasteiger partial charge in [0.2, 0.25) is 0 Å². The molecule has 0 bridgehead atoms. The number of aryl methyl sites for hydroxylation is 1. The maximum atomic E-state index is 3.66. The number of allylic oxidation sites excluding steroid dienone is 1. The van der Waals surface area contributed by atoms with E-state index in [0.717, 1.165) is 6.54 Å². The fourth-order valence-electron chi connectivity index (χ4n) is 0.916. The molecule has 1 aromatic heterocycles. The summed E-state index contributed by atoms with van der Waals surface area (Å²) in [5, 5.41) is 0. The second-order valence-electron chi connectivity index (χ2n) is 2.37. The molecule has 0 aliphatic rings. The predicted molar refractivity (Wildman–Crippen MR) is 41.6 cm³/mol. The summed E-state index contributed by atoms with van der Waals surface area (Å²) in [6, 6.07) is 4.12. The van der Waals surface area contributed by atoms with Gasteiger partial charge in [0.25, 0.3) is 0 Å². The van der Waals surface area contributed by atoms with Crippen LogP contribution in [0.2, 0.25) is 0 Å². The molecule has 0 saturated carbocycles. The lowest BCUT2D eigenvalue weighted by Crippen LogP contribution is -3.00. The van der Waals surface area contributed by atoms with Gasteiger partial charge >= 0.3 is 0 Å². The molecule has 0 fully saturated rings. The van der Waals surface area contributed by atoms with Crippen molar-refractivity contribution in [3.63, 3.8) is 0 Å². The summed E-state index contributed by atoms with van der Waals surface area (Å²) in [5.41, 5.74) is 1.28. The lowest BCUT2D eigenvalue weighted by Gasteiger charge is -1.90. The van der Waals surface area contributed by atoms with Crippen molar-refractivity contribution < 1.29 is 21.5 Å². The van der Waals surface area contributed by atoms with Crippen molar-refractivity contribution in [3.8, 4) is 0 Å². The van der Waals surface area contributed by atoms with Crippen LogP contribution in [0.4, 0.5) is 0 Å². The summed E-state index contributed by atoms with van der Waals surface area (Å²) in [7, 11) is 0. The van der Waals surface area contributed by atoms with Gasteiger partial charge in [0, 0.05) is 11.6 Å². The van der Waals surface area contributed by atoms with E-state index in [4.69, 9.17) is 0 Å². The zero-order valence-electron chi connectivity index (χ0n) is 6.63. The van der Waals surface area contributed by atoms with Crippen molar-refractivity contribution >= 4 is 0 Å². The Morgan fingerprint density at radius 3 is 2.91 bits per heavy atom. The van der Waals surface area contributed by atoms with Crippen LogP contribution in [0, 0.1) is 6.92 Å². The number of halogens is 1. The minimum Gasteiger partial charge on any atom is -1.00 e. The van der Waals surface area contributed by atoms with Crippen LogP contribution in [0.25, 0.3) is 0 Å². The Hall–Kier alpha value is -0.630. The van der Waals surface area contributed by atoms with Crippen LogP contribution in [-0.4, -0.2) is 0 Å². The summed E-state index contributed by atoms with van der Waals surface area (Å²) >= 11 is 0. The van der Waals surface area contributed by atoms with Gasteiger partial charge in [0.1, 0.15) is 0 Å². The molecule has 0 aliphatic heterocycles. The first-order chi connectivity index (χ1) is 4.83. The molecule has 1 heterocycles. The number of aromatic nitrogens is 1. The summed E-state index contributed by atoms with van der Waals surface area (Å²) < 4.78 is 2.10. The van der Waals surface area contributed by atoms with E-state index in [1.54, 1.807) is 0 Å². The van der Waals surface area contributed by atoms with Crippen molar-refractivity contribution in [1.82, 2.24) is 0 Å². The first kappa shape index (κ1) is 10.4. The van der Waals surface area contributed by atoms with Crippen LogP contribution in [-0.2, 0) is 6.54 Å². The van der Waals surface area contributed by atoms with Crippen molar-refractivity contribution in [2.75, 3.05) is 0 Å². The van der Waals surface area contributed by atoms with Crippen molar-refractivity contribution in [2.24, 2.45) is 0 Å². The average Bonchev–Trinajstić information content (AvgIpc) is 1.88. The number of pyridine rings is 1. The van der Waals surface area contributed by atoms with Gasteiger partial charge in [-0.15, -0.1) is 0 Å². The lowest BCUT2D eigenvalue weighted by molar-refractivity contribution is -0.687. The highest BCUT2D eigenvalue weighted by Crippen LogP contribution is 1.88. The van der Waals surface area contributed by atoms with Crippen LogP contribution in [0.5, 0.6) is 0 Å². The molecular weight excluding hydrogens is 202 g/mol. The second-order valence-corrected chi connectivity index (χ2v) is 2.37.